The lowest BCUT2D eigenvalue weighted by molar-refractivity contribution is 0.299. The number of hydrogen-bond donors (Lipinski definition) is 1. The normalized spacial score (nSPS) is 11.1. The van der Waals surface area contributed by atoms with Crippen LogP contribution in [0.25, 0.3) is 0 Å². The first-order chi connectivity index (χ1) is 10.1. The van der Waals surface area contributed by atoms with Gasteiger partial charge in [-0.3, -0.25) is 0 Å². The van der Waals surface area contributed by atoms with Gasteiger partial charge in [-0.05, 0) is 59.1 Å². The van der Waals surface area contributed by atoms with Gasteiger partial charge in [0.25, 0.3) is 0 Å². The minimum Gasteiger partial charge on any atom is -0.488 e. The summed E-state index contributed by atoms with van der Waals surface area (Å²) in [4.78, 5) is 0. The van der Waals surface area contributed by atoms with Crippen molar-refractivity contribution in [3.8, 4) is 5.75 Å². The molecule has 0 aliphatic heterocycles. The highest BCUT2D eigenvalue weighted by Crippen LogP contribution is 2.27. The molecule has 0 spiro atoms. The molecule has 0 bridgehead atoms. The van der Waals surface area contributed by atoms with Crippen molar-refractivity contribution in [2.75, 3.05) is 6.54 Å². The van der Waals surface area contributed by atoms with E-state index in [9.17, 15) is 0 Å². The molecule has 4 heteroatoms. The molecule has 0 unspecified atom stereocenters. The predicted molar refractivity (Wildman–Crippen MR) is 88.5 cm³/mol. The molecule has 1 aromatic heterocycles. The minimum atomic E-state index is 0.511. The maximum absolute atomic E-state index is 5.87. The Labute approximate surface area is 134 Å². The molecule has 0 fully saturated rings. The van der Waals surface area contributed by atoms with E-state index in [-0.39, 0.29) is 0 Å². The van der Waals surface area contributed by atoms with Crippen molar-refractivity contribution in [1.29, 1.82) is 0 Å². The number of ether oxygens (including phenoxy) is 1. The van der Waals surface area contributed by atoms with Crippen molar-refractivity contribution in [3.63, 3.8) is 0 Å². The van der Waals surface area contributed by atoms with Gasteiger partial charge in [-0.25, -0.2) is 0 Å². The molecule has 0 aliphatic carbocycles. The number of halogens is 1. The van der Waals surface area contributed by atoms with E-state index in [4.69, 9.17) is 9.15 Å². The first-order valence-corrected chi connectivity index (χ1v) is 8.00. The lowest BCUT2D eigenvalue weighted by atomic mass is 10.2. The number of aryl methyl sites for hydroxylation is 1. The van der Waals surface area contributed by atoms with Gasteiger partial charge in [-0.15, -0.1) is 0 Å². The fourth-order valence-corrected chi connectivity index (χ4v) is 2.61. The number of nitrogens with one attached hydrogen (secondary N) is 1. The Morgan fingerprint density at radius 2 is 2.10 bits per heavy atom. The van der Waals surface area contributed by atoms with E-state index in [1.165, 1.54) is 5.56 Å². The van der Waals surface area contributed by atoms with Crippen LogP contribution in [-0.4, -0.2) is 6.54 Å². The molecule has 21 heavy (non-hydrogen) atoms. The largest absolute Gasteiger partial charge is 0.488 e. The molecule has 3 nitrogen and oxygen atoms in total. The summed E-state index contributed by atoms with van der Waals surface area (Å²) in [5.41, 5.74) is 2.29. The fraction of sp³-hybridized carbons (Fsp3) is 0.412. The Kier molecular flexibility index (Phi) is 5.88. The second-order valence-corrected chi connectivity index (χ2v) is 6.47. The lowest BCUT2D eigenvalue weighted by Crippen LogP contribution is -2.19. The van der Waals surface area contributed by atoms with Crippen molar-refractivity contribution in [2.24, 2.45) is 5.92 Å². The zero-order valence-electron chi connectivity index (χ0n) is 12.8. The third-order valence-electron chi connectivity index (χ3n) is 3.15. The molecule has 1 heterocycles. The molecule has 1 aromatic carbocycles. The van der Waals surface area contributed by atoms with Crippen LogP contribution in [0.3, 0.4) is 0 Å². The Balaban J connectivity index is 1.92. The molecule has 0 atom stereocenters. The van der Waals surface area contributed by atoms with E-state index in [1.54, 1.807) is 6.26 Å². The molecular formula is C17H22BrNO2. The van der Waals surface area contributed by atoms with Crippen molar-refractivity contribution in [3.05, 3.63) is 51.9 Å². The molecule has 0 saturated heterocycles. The van der Waals surface area contributed by atoms with Crippen LogP contribution in [-0.2, 0) is 13.2 Å². The zero-order chi connectivity index (χ0) is 15.2. The smallest absolute Gasteiger partial charge is 0.134 e. The molecule has 0 amide bonds. The summed E-state index contributed by atoms with van der Waals surface area (Å²) in [6.07, 6.45) is 1.72. The molecule has 114 valence electrons. The van der Waals surface area contributed by atoms with Gasteiger partial charge in [-0.2, -0.15) is 0 Å². The Morgan fingerprint density at radius 3 is 2.81 bits per heavy atom. The molecule has 2 rings (SSSR count). The quantitative estimate of drug-likeness (QED) is 0.786. The number of furan rings is 1. The van der Waals surface area contributed by atoms with E-state index in [0.717, 1.165) is 34.6 Å². The number of rotatable bonds is 7. The zero-order valence-corrected chi connectivity index (χ0v) is 14.4. The van der Waals surface area contributed by atoms with Crippen LogP contribution in [0, 0.1) is 12.8 Å². The molecule has 0 radical (unpaired) electrons. The fourth-order valence-electron chi connectivity index (χ4n) is 2.00. The average molecular weight is 352 g/mol. The van der Waals surface area contributed by atoms with Crippen LogP contribution in [0.5, 0.6) is 5.75 Å². The lowest BCUT2D eigenvalue weighted by Gasteiger charge is -2.10. The van der Waals surface area contributed by atoms with Gasteiger partial charge in [0.1, 0.15) is 18.1 Å². The third kappa shape index (κ3) is 4.90. The number of hydrogen-bond acceptors (Lipinski definition) is 3. The standard InChI is InChI=1S/C17H22BrNO2/c1-12(2)9-19-10-17-14(6-7-20-17)11-21-16-5-4-13(3)8-15(16)18/h4-8,12,19H,9-11H2,1-3H3. The van der Waals surface area contributed by atoms with Gasteiger partial charge < -0.3 is 14.5 Å². The van der Waals surface area contributed by atoms with Crippen LogP contribution in [0.4, 0.5) is 0 Å². The molecule has 0 saturated carbocycles. The maximum Gasteiger partial charge on any atom is 0.134 e. The Morgan fingerprint density at radius 1 is 1.29 bits per heavy atom. The molecular weight excluding hydrogens is 330 g/mol. The van der Waals surface area contributed by atoms with Gasteiger partial charge in [0, 0.05) is 5.56 Å². The minimum absolute atomic E-state index is 0.511. The van der Waals surface area contributed by atoms with Crippen LogP contribution >= 0.6 is 15.9 Å². The van der Waals surface area contributed by atoms with Gasteiger partial charge in [0.15, 0.2) is 0 Å². The van der Waals surface area contributed by atoms with Gasteiger partial charge >= 0.3 is 0 Å². The van der Waals surface area contributed by atoms with Crippen molar-refractivity contribution in [2.45, 2.75) is 33.9 Å². The molecule has 0 aliphatic rings. The highest BCUT2D eigenvalue weighted by atomic mass is 79.9. The highest BCUT2D eigenvalue weighted by Gasteiger charge is 2.08. The van der Waals surface area contributed by atoms with Crippen molar-refractivity contribution >= 4 is 15.9 Å². The first kappa shape index (κ1) is 16.1. The summed E-state index contributed by atoms with van der Waals surface area (Å²) in [5, 5.41) is 3.39. The molecule has 2 aromatic rings. The SMILES string of the molecule is Cc1ccc(OCc2ccoc2CNCC(C)C)c(Br)c1. The van der Waals surface area contributed by atoms with Gasteiger partial charge in [0.05, 0.1) is 17.3 Å². The van der Waals surface area contributed by atoms with Crippen LogP contribution in [0.2, 0.25) is 0 Å². The van der Waals surface area contributed by atoms with E-state index in [1.807, 2.05) is 18.2 Å². The molecule has 1 N–H and O–H groups in total. The third-order valence-corrected chi connectivity index (χ3v) is 3.77. The van der Waals surface area contributed by atoms with Crippen molar-refractivity contribution in [1.82, 2.24) is 5.32 Å². The summed E-state index contributed by atoms with van der Waals surface area (Å²) < 4.78 is 12.4. The van der Waals surface area contributed by atoms with E-state index in [0.29, 0.717) is 12.5 Å². The predicted octanol–water partition coefficient (Wildman–Crippen LogP) is 4.68. The Bertz CT molecular complexity index is 578. The monoisotopic (exact) mass is 351 g/mol. The Hall–Kier alpha value is -1.26. The second-order valence-electron chi connectivity index (χ2n) is 5.62. The summed E-state index contributed by atoms with van der Waals surface area (Å²) in [7, 11) is 0. The van der Waals surface area contributed by atoms with Gasteiger partial charge in [0.2, 0.25) is 0 Å². The van der Waals surface area contributed by atoms with E-state index >= 15 is 0 Å². The van der Waals surface area contributed by atoms with Crippen LogP contribution in [0.1, 0.15) is 30.7 Å². The van der Waals surface area contributed by atoms with E-state index < -0.39 is 0 Å². The second kappa shape index (κ2) is 7.66. The topological polar surface area (TPSA) is 34.4 Å². The van der Waals surface area contributed by atoms with Crippen LogP contribution < -0.4 is 10.1 Å². The van der Waals surface area contributed by atoms with E-state index in [2.05, 4.69) is 48.1 Å². The highest BCUT2D eigenvalue weighted by molar-refractivity contribution is 9.10. The summed E-state index contributed by atoms with van der Waals surface area (Å²) >= 11 is 3.53. The average Bonchev–Trinajstić information content (AvgIpc) is 2.85. The number of benzene rings is 1. The summed E-state index contributed by atoms with van der Waals surface area (Å²) in [6.45, 7) is 8.66. The first-order valence-electron chi connectivity index (χ1n) is 7.21. The maximum atomic E-state index is 5.87. The van der Waals surface area contributed by atoms with Crippen LogP contribution in [0.15, 0.2) is 39.4 Å². The summed E-state index contributed by atoms with van der Waals surface area (Å²) in [6, 6.07) is 8.04. The van der Waals surface area contributed by atoms with Gasteiger partial charge in [-0.1, -0.05) is 19.9 Å². The van der Waals surface area contributed by atoms with Crippen molar-refractivity contribution < 1.29 is 9.15 Å². The summed E-state index contributed by atoms with van der Waals surface area (Å²) in [5.74, 6) is 2.42.